The summed E-state index contributed by atoms with van der Waals surface area (Å²) < 4.78 is 5.34. The summed E-state index contributed by atoms with van der Waals surface area (Å²) >= 11 is 0. The van der Waals surface area contributed by atoms with Crippen molar-refractivity contribution in [2.24, 2.45) is 0 Å². The van der Waals surface area contributed by atoms with Crippen molar-refractivity contribution in [3.8, 4) is 5.75 Å². The van der Waals surface area contributed by atoms with E-state index in [1.165, 1.54) is 11.1 Å². The highest BCUT2D eigenvalue weighted by atomic mass is 16.5. The number of nitrogens with zero attached hydrogens (tertiary/aromatic N) is 1. The molecule has 3 rings (SSSR count). The molecule has 0 heterocycles. The number of carbonyl (C=O) groups is 1. The van der Waals surface area contributed by atoms with Gasteiger partial charge < -0.3 is 10.1 Å². The molecule has 1 N–H and O–H groups in total. The van der Waals surface area contributed by atoms with Gasteiger partial charge >= 0.3 is 0 Å². The number of carbonyl (C=O) groups excluding carboxylic acids is 1. The summed E-state index contributed by atoms with van der Waals surface area (Å²) in [6, 6.07) is 16.6. The molecule has 1 amide bonds. The molecule has 1 atom stereocenters. The van der Waals surface area contributed by atoms with Crippen LogP contribution < -0.4 is 10.1 Å². The maximum atomic E-state index is 12.9. The lowest BCUT2D eigenvalue weighted by Crippen LogP contribution is -2.43. The van der Waals surface area contributed by atoms with Crippen LogP contribution in [0.25, 0.3) is 0 Å². The van der Waals surface area contributed by atoms with Gasteiger partial charge in [0.25, 0.3) is 0 Å². The third kappa shape index (κ3) is 4.89. The molecule has 2 aromatic carbocycles. The molecule has 0 spiro atoms. The van der Waals surface area contributed by atoms with Gasteiger partial charge in [-0.3, -0.25) is 9.69 Å². The number of amides is 1. The maximum Gasteiger partial charge on any atom is 0.241 e. The van der Waals surface area contributed by atoms with Gasteiger partial charge in [0.2, 0.25) is 5.91 Å². The summed E-state index contributed by atoms with van der Waals surface area (Å²) in [5.41, 5.74) is 3.32. The number of rotatable bonds is 8. The first-order valence-electron chi connectivity index (χ1n) is 9.78. The maximum absolute atomic E-state index is 12.9. The molecule has 4 heteroatoms. The molecule has 0 aromatic heterocycles. The summed E-state index contributed by atoms with van der Waals surface area (Å²) in [7, 11) is 1.62. The summed E-state index contributed by atoms with van der Waals surface area (Å²) in [5.74, 6) is 1.22. The Morgan fingerprint density at radius 1 is 1.11 bits per heavy atom. The summed E-state index contributed by atoms with van der Waals surface area (Å²) in [6.07, 6.45) is 2.33. The number of para-hydroxylation sites is 2. The van der Waals surface area contributed by atoms with Gasteiger partial charge in [0.05, 0.1) is 18.8 Å². The van der Waals surface area contributed by atoms with E-state index in [0.29, 0.717) is 23.4 Å². The lowest BCUT2D eigenvalue weighted by atomic mass is 10.0. The Hall–Kier alpha value is -2.33. The van der Waals surface area contributed by atoms with E-state index in [9.17, 15) is 4.79 Å². The zero-order valence-electron chi connectivity index (χ0n) is 16.7. The highest BCUT2D eigenvalue weighted by molar-refractivity contribution is 5.95. The van der Waals surface area contributed by atoms with Crippen LogP contribution in [0.4, 0.5) is 5.69 Å². The molecule has 0 unspecified atom stereocenters. The van der Waals surface area contributed by atoms with Crippen LogP contribution in [0.5, 0.6) is 5.75 Å². The second kappa shape index (κ2) is 8.57. The standard InChI is InChI=1S/C23H30N2O2/c1-16(2)19-11-9-18(10-12-19)15-25(20-13-14-20)17(3)23(26)24-21-7-5-6-8-22(21)27-4/h5-12,16-17,20H,13-15H2,1-4H3,(H,24,26)/t17-/m0/s1. The predicted octanol–water partition coefficient (Wildman–Crippen LogP) is 4.81. The van der Waals surface area contributed by atoms with E-state index in [0.717, 1.165) is 19.4 Å². The third-order valence-electron chi connectivity index (χ3n) is 5.27. The fourth-order valence-electron chi connectivity index (χ4n) is 3.34. The molecule has 144 valence electrons. The van der Waals surface area contributed by atoms with Crippen molar-refractivity contribution in [3.63, 3.8) is 0 Å². The molecule has 1 fully saturated rings. The SMILES string of the molecule is COc1ccccc1NC(=O)[C@H](C)N(Cc1ccc(C(C)C)cc1)C1CC1. The van der Waals surface area contributed by atoms with Crippen molar-refractivity contribution in [3.05, 3.63) is 59.7 Å². The van der Waals surface area contributed by atoms with Gasteiger partial charge in [0, 0.05) is 12.6 Å². The number of methoxy groups -OCH3 is 1. The van der Waals surface area contributed by atoms with E-state index in [1.807, 2.05) is 31.2 Å². The van der Waals surface area contributed by atoms with Crippen molar-refractivity contribution in [2.75, 3.05) is 12.4 Å². The average molecular weight is 367 g/mol. The average Bonchev–Trinajstić information content (AvgIpc) is 3.51. The minimum atomic E-state index is -0.202. The highest BCUT2D eigenvalue weighted by Crippen LogP contribution is 2.31. The minimum Gasteiger partial charge on any atom is -0.495 e. The summed E-state index contributed by atoms with van der Waals surface area (Å²) in [4.78, 5) is 15.2. The number of anilines is 1. The van der Waals surface area contributed by atoms with Gasteiger partial charge in [-0.25, -0.2) is 0 Å². The second-order valence-corrected chi connectivity index (χ2v) is 7.67. The Morgan fingerprint density at radius 3 is 2.37 bits per heavy atom. The summed E-state index contributed by atoms with van der Waals surface area (Å²) in [5, 5.41) is 3.03. The fourth-order valence-corrected chi connectivity index (χ4v) is 3.34. The lowest BCUT2D eigenvalue weighted by Gasteiger charge is -2.28. The second-order valence-electron chi connectivity index (χ2n) is 7.67. The molecule has 0 bridgehead atoms. The van der Waals surface area contributed by atoms with Crippen LogP contribution in [0, 0.1) is 0 Å². The van der Waals surface area contributed by atoms with Crippen LogP contribution in [0.15, 0.2) is 48.5 Å². The first kappa shape index (κ1) is 19.4. The molecule has 1 aliphatic carbocycles. The topological polar surface area (TPSA) is 41.6 Å². The van der Waals surface area contributed by atoms with Crippen molar-refractivity contribution >= 4 is 11.6 Å². The van der Waals surface area contributed by atoms with Gasteiger partial charge in [-0.2, -0.15) is 0 Å². The number of hydrogen-bond donors (Lipinski definition) is 1. The lowest BCUT2D eigenvalue weighted by molar-refractivity contribution is -0.121. The smallest absolute Gasteiger partial charge is 0.241 e. The predicted molar refractivity (Wildman–Crippen MR) is 110 cm³/mol. The highest BCUT2D eigenvalue weighted by Gasteiger charge is 2.35. The van der Waals surface area contributed by atoms with Gasteiger partial charge in [-0.15, -0.1) is 0 Å². The monoisotopic (exact) mass is 366 g/mol. The Balaban J connectivity index is 1.69. The van der Waals surface area contributed by atoms with E-state index >= 15 is 0 Å². The molecule has 4 nitrogen and oxygen atoms in total. The molecule has 0 saturated heterocycles. The molecule has 0 radical (unpaired) electrons. The van der Waals surface area contributed by atoms with Crippen LogP contribution in [-0.4, -0.2) is 30.0 Å². The van der Waals surface area contributed by atoms with Crippen LogP contribution in [0.1, 0.15) is 50.7 Å². The number of benzene rings is 2. The Labute approximate surface area is 162 Å². The van der Waals surface area contributed by atoms with Crippen molar-refractivity contribution in [2.45, 2.75) is 58.2 Å². The molecule has 1 saturated carbocycles. The van der Waals surface area contributed by atoms with Crippen molar-refractivity contribution < 1.29 is 9.53 Å². The number of hydrogen-bond acceptors (Lipinski definition) is 3. The van der Waals surface area contributed by atoms with Gasteiger partial charge in [0.1, 0.15) is 5.75 Å². The molecule has 1 aliphatic rings. The number of ether oxygens (including phenoxy) is 1. The quantitative estimate of drug-likeness (QED) is 0.729. The van der Waals surface area contributed by atoms with E-state index in [2.05, 4.69) is 48.3 Å². The van der Waals surface area contributed by atoms with E-state index in [1.54, 1.807) is 7.11 Å². The fraction of sp³-hybridized carbons (Fsp3) is 0.435. The zero-order chi connectivity index (χ0) is 19.4. The van der Waals surface area contributed by atoms with Crippen LogP contribution in [-0.2, 0) is 11.3 Å². The van der Waals surface area contributed by atoms with Crippen molar-refractivity contribution in [1.29, 1.82) is 0 Å². The molecule has 0 aliphatic heterocycles. The van der Waals surface area contributed by atoms with Crippen LogP contribution >= 0.6 is 0 Å². The van der Waals surface area contributed by atoms with E-state index in [4.69, 9.17) is 4.74 Å². The minimum absolute atomic E-state index is 0.00482. The van der Waals surface area contributed by atoms with Gasteiger partial charge in [0.15, 0.2) is 0 Å². The van der Waals surface area contributed by atoms with Crippen LogP contribution in [0.3, 0.4) is 0 Å². The first-order valence-corrected chi connectivity index (χ1v) is 9.78. The molecular weight excluding hydrogens is 336 g/mol. The normalized spacial score (nSPS) is 15.0. The summed E-state index contributed by atoms with van der Waals surface area (Å²) in [6.45, 7) is 7.20. The van der Waals surface area contributed by atoms with E-state index in [-0.39, 0.29) is 11.9 Å². The zero-order valence-corrected chi connectivity index (χ0v) is 16.7. The third-order valence-corrected chi connectivity index (χ3v) is 5.27. The number of nitrogens with one attached hydrogen (secondary N) is 1. The van der Waals surface area contributed by atoms with Gasteiger partial charge in [-0.1, -0.05) is 50.2 Å². The molecule has 27 heavy (non-hydrogen) atoms. The molecule has 2 aromatic rings. The van der Waals surface area contributed by atoms with Gasteiger partial charge in [-0.05, 0) is 48.9 Å². The first-order chi connectivity index (χ1) is 13.0. The van der Waals surface area contributed by atoms with E-state index < -0.39 is 0 Å². The van der Waals surface area contributed by atoms with Crippen molar-refractivity contribution in [1.82, 2.24) is 4.90 Å². The van der Waals surface area contributed by atoms with Crippen LogP contribution in [0.2, 0.25) is 0 Å². The Bertz CT molecular complexity index is 766. The Morgan fingerprint density at radius 2 is 1.78 bits per heavy atom. The largest absolute Gasteiger partial charge is 0.495 e. The Kier molecular flexibility index (Phi) is 6.17. The molecular formula is C23H30N2O2.